The summed E-state index contributed by atoms with van der Waals surface area (Å²) in [7, 11) is 0. The van der Waals surface area contributed by atoms with Gasteiger partial charge in [0.15, 0.2) is 17.7 Å². The number of nitrogens with zero attached hydrogens (tertiary/aromatic N) is 4. The topological polar surface area (TPSA) is 133 Å². The van der Waals surface area contributed by atoms with Crippen molar-refractivity contribution in [2.24, 2.45) is 5.16 Å². The molecule has 2 heterocycles. The highest BCUT2D eigenvalue weighted by molar-refractivity contribution is 6.41. The van der Waals surface area contributed by atoms with Crippen molar-refractivity contribution >= 4 is 28.7 Å². The van der Waals surface area contributed by atoms with Crippen LogP contribution in [0.5, 0.6) is 6.01 Å². The highest BCUT2D eigenvalue weighted by Crippen LogP contribution is 2.36. The second-order valence-electron chi connectivity index (χ2n) is 6.45. The molecule has 2 rings (SSSR count). The molecule has 29 heavy (non-hydrogen) atoms. The highest BCUT2D eigenvalue weighted by Gasteiger charge is 2.41. The third-order valence-electron chi connectivity index (χ3n) is 4.09. The van der Waals surface area contributed by atoms with Gasteiger partial charge in [-0.2, -0.15) is 23.1 Å². The number of anilines is 3. The van der Waals surface area contributed by atoms with Crippen LogP contribution in [0.4, 0.5) is 39.3 Å². The van der Waals surface area contributed by atoms with E-state index in [-0.39, 0.29) is 41.8 Å². The van der Waals surface area contributed by atoms with E-state index in [2.05, 4.69) is 20.4 Å². The van der Waals surface area contributed by atoms with Crippen LogP contribution in [0.15, 0.2) is 5.16 Å². The van der Waals surface area contributed by atoms with E-state index in [1.54, 1.807) is 0 Å². The summed E-state index contributed by atoms with van der Waals surface area (Å²) in [4.78, 5) is 8.68. The van der Waals surface area contributed by atoms with Gasteiger partial charge in [-0.1, -0.05) is 5.16 Å². The van der Waals surface area contributed by atoms with Gasteiger partial charge in [0.2, 0.25) is 0 Å². The molecule has 1 aromatic rings. The molecule has 9 nitrogen and oxygen atoms in total. The number of hydrogen-bond acceptors (Lipinski definition) is 9. The molecule has 14 heteroatoms. The summed E-state index contributed by atoms with van der Waals surface area (Å²) in [5, 5.41) is 21.9. The summed E-state index contributed by atoms with van der Waals surface area (Å²) >= 11 is 0. The zero-order chi connectivity index (χ0) is 22.0. The van der Waals surface area contributed by atoms with Crippen LogP contribution in [-0.2, 0) is 0 Å². The van der Waals surface area contributed by atoms with Gasteiger partial charge in [0.25, 0.3) is 5.92 Å². The highest BCUT2D eigenvalue weighted by atomic mass is 19.4. The van der Waals surface area contributed by atoms with Crippen LogP contribution in [0.1, 0.15) is 20.3 Å². The Morgan fingerprint density at radius 3 is 2.59 bits per heavy atom. The summed E-state index contributed by atoms with van der Waals surface area (Å²) in [6.45, 7) is 0.995. The van der Waals surface area contributed by atoms with Crippen LogP contribution < -0.4 is 20.7 Å². The Balaban J connectivity index is 2.39. The number of hydrogen-bond donors (Lipinski definition) is 4. The average Bonchev–Trinajstić information content (AvgIpc) is 2.96. The van der Waals surface area contributed by atoms with E-state index in [9.17, 15) is 22.0 Å². The molecule has 0 unspecified atom stereocenters. The van der Waals surface area contributed by atoms with Gasteiger partial charge >= 0.3 is 12.2 Å². The number of oxime groups is 1. The Morgan fingerprint density at radius 1 is 1.45 bits per heavy atom. The zero-order valence-electron chi connectivity index (χ0n) is 15.5. The largest absolute Gasteiger partial charge is 0.451 e. The monoisotopic (exact) mass is 425 g/mol. The molecule has 0 amide bonds. The molecule has 1 aliphatic heterocycles. The Kier molecular flexibility index (Phi) is 6.33. The standard InChI is InChI=1S/C15H20F5N7O2/c1-7(21)9(26-28)5-23-11-10(22)12(27-4-3-14(16,17)6-27)25-13(24-11)29-8(2)15(18,19)20/h8,21,28H,3-6,22H2,1-2H3,(H,23,24,25)/b21-7?,26-9-/t8-/m0/s1. The summed E-state index contributed by atoms with van der Waals surface area (Å²) in [6.07, 6.45) is -7.43. The van der Waals surface area contributed by atoms with Gasteiger partial charge in [-0.05, 0) is 13.8 Å². The molecule has 0 bridgehead atoms. The van der Waals surface area contributed by atoms with Crippen molar-refractivity contribution in [1.29, 1.82) is 5.41 Å². The fourth-order valence-corrected chi connectivity index (χ4v) is 2.42. The van der Waals surface area contributed by atoms with Crippen molar-refractivity contribution < 1.29 is 31.9 Å². The molecule has 0 spiro atoms. The Hall–Kier alpha value is -2.93. The number of alkyl halides is 5. The molecule has 0 aromatic carbocycles. The van der Waals surface area contributed by atoms with Gasteiger partial charge < -0.3 is 31.3 Å². The van der Waals surface area contributed by atoms with Gasteiger partial charge in [-0.25, -0.2) is 8.78 Å². The number of nitrogen functional groups attached to an aromatic ring is 1. The maximum absolute atomic E-state index is 13.6. The van der Waals surface area contributed by atoms with Crippen LogP contribution >= 0.6 is 0 Å². The maximum atomic E-state index is 13.6. The summed E-state index contributed by atoms with van der Waals surface area (Å²) < 4.78 is 70.3. The van der Waals surface area contributed by atoms with Crippen molar-refractivity contribution in [1.82, 2.24) is 9.97 Å². The van der Waals surface area contributed by atoms with E-state index < -0.39 is 37.2 Å². The second-order valence-corrected chi connectivity index (χ2v) is 6.45. The molecule has 162 valence electrons. The Morgan fingerprint density at radius 2 is 2.10 bits per heavy atom. The van der Waals surface area contributed by atoms with Crippen LogP contribution in [0.25, 0.3) is 0 Å². The lowest BCUT2D eigenvalue weighted by atomic mass is 10.2. The third-order valence-corrected chi connectivity index (χ3v) is 4.09. The predicted octanol–water partition coefficient (Wildman–Crippen LogP) is 2.52. The molecule has 0 aliphatic carbocycles. The van der Waals surface area contributed by atoms with Crippen LogP contribution in [0, 0.1) is 5.41 Å². The van der Waals surface area contributed by atoms with Crippen molar-refractivity contribution in [2.45, 2.75) is 38.5 Å². The lowest BCUT2D eigenvalue weighted by Crippen LogP contribution is -2.32. The minimum Gasteiger partial charge on any atom is -0.451 e. The first-order valence-corrected chi connectivity index (χ1v) is 8.38. The van der Waals surface area contributed by atoms with E-state index in [0.717, 1.165) is 11.8 Å². The number of nitrogens with one attached hydrogen (secondary N) is 2. The molecular weight excluding hydrogens is 405 g/mol. The second kappa shape index (κ2) is 8.21. The summed E-state index contributed by atoms with van der Waals surface area (Å²) in [5.74, 6) is -3.42. The quantitative estimate of drug-likeness (QED) is 0.228. The Labute approximate surface area is 162 Å². The lowest BCUT2D eigenvalue weighted by molar-refractivity contribution is -0.190. The van der Waals surface area contributed by atoms with E-state index in [1.165, 1.54) is 6.92 Å². The first-order valence-electron chi connectivity index (χ1n) is 8.38. The van der Waals surface area contributed by atoms with E-state index in [0.29, 0.717) is 0 Å². The van der Waals surface area contributed by atoms with E-state index >= 15 is 0 Å². The number of ether oxygens (including phenoxy) is 1. The zero-order valence-corrected chi connectivity index (χ0v) is 15.5. The van der Waals surface area contributed by atoms with Gasteiger partial charge in [0.05, 0.1) is 18.8 Å². The molecule has 1 aliphatic rings. The molecule has 0 saturated carbocycles. The molecule has 1 atom stereocenters. The normalized spacial score (nSPS) is 17.9. The van der Waals surface area contributed by atoms with Crippen molar-refractivity contribution in [3.8, 4) is 6.01 Å². The van der Waals surface area contributed by atoms with Gasteiger partial charge in [0.1, 0.15) is 11.4 Å². The van der Waals surface area contributed by atoms with Crippen LogP contribution in [-0.4, -0.2) is 64.4 Å². The summed E-state index contributed by atoms with van der Waals surface area (Å²) in [6, 6.07) is -0.717. The maximum Gasteiger partial charge on any atom is 0.425 e. The number of halogens is 5. The van der Waals surface area contributed by atoms with Gasteiger partial charge in [-0.15, -0.1) is 0 Å². The molecule has 0 radical (unpaired) electrons. The smallest absolute Gasteiger partial charge is 0.425 e. The van der Waals surface area contributed by atoms with Crippen molar-refractivity contribution in [2.75, 3.05) is 35.6 Å². The lowest BCUT2D eigenvalue weighted by Gasteiger charge is -2.23. The SMILES string of the molecule is CC(=N)/C(CNc1nc(O[C@@H](C)C(F)(F)F)nc(N2CCC(F)(F)C2)c1N)=N\O. The number of rotatable bonds is 7. The first-order chi connectivity index (χ1) is 13.3. The minimum absolute atomic E-state index is 0.0887. The molecular formula is C15H20F5N7O2. The fraction of sp³-hybridized carbons (Fsp3) is 0.600. The molecule has 1 fully saturated rings. The van der Waals surface area contributed by atoms with Gasteiger partial charge in [-0.3, -0.25) is 0 Å². The van der Waals surface area contributed by atoms with Crippen molar-refractivity contribution in [3.63, 3.8) is 0 Å². The van der Waals surface area contributed by atoms with Crippen LogP contribution in [0.3, 0.4) is 0 Å². The third kappa shape index (κ3) is 5.54. The molecule has 1 saturated heterocycles. The Bertz CT molecular complexity index is 800. The van der Waals surface area contributed by atoms with E-state index in [4.69, 9.17) is 21.1 Å². The average molecular weight is 425 g/mol. The molecule has 5 N–H and O–H groups in total. The fourth-order valence-electron chi connectivity index (χ4n) is 2.42. The van der Waals surface area contributed by atoms with Gasteiger partial charge in [0, 0.05) is 13.0 Å². The predicted molar refractivity (Wildman–Crippen MR) is 95.5 cm³/mol. The number of aromatic nitrogens is 2. The van der Waals surface area contributed by atoms with E-state index in [1.807, 2.05) is 0 Å². The van der Waals surface area contributed by atoms with Crippen LogP contribution in [0.2, 0.25) is 0 Å². The summed E-state index contributed by atoms with van der Waals surface area (Å²) in [5.41, 5.74) is 5.55. The minimum atomic E-state index is -4.70. The van der Waals surface area contributed by atoms with Crippen molar-refractivity contribution in [3.05, 3.63) is 0 Å². The molecule has 1 aromatic heterocycles. The number of nitrogens with two attached hydrogens (primary N) is 1. The first kappa shape index (κ1) is 22.4.